The summed E-state index contributed by atoms with van der Waals surface area (Å²) in [6, 6.07) is -0.00181. The summed E-state index contributed by atoms with van der Waals surface area (Å²) in [6.07, 6.45) is 7.42. The fourth-order valence-electron chi connectivity index (χ4n) is 1.93. The predicted molar refractivity (Wildman–Crippen MR) is 70.2 cm³/mol. The molecule has 0 aromatic carbocycles. The van der Waals surface area contributed by atoms with Gasteiger partial charge in [0, 0.05) is 25.1 Å². The molecule has 0 bridgehead atoms. The van der Waals surface area contributed by atoms with Gasteiger partial charge in [-0.05, 0) is 20.4 Å². The third kappa shape index (κ3) is 2.56. The van der Waals surface area contributed by atoms with Crippen molar-refractivity contribution in [1.29, 1.82) is 0 Å². The summed E-state index contributed by atoms with van der Waals surface area (Å²) in [6.45, 7) is 7.88. The molecule has 2 heterocycles. The number of rotatable bonds is 5. The summed E-state index contributed by atoms with van der Waals surface area (Å²) in [4.78, 5) is 13.2. The van der Waals surface area contributed by atoms with Gasteiger partial charge >= 0.3 is 0 Å². The van der Waals surface area contributed by atoms with Gasteiger partial charge in [0.25, 0.3) is 0 Å². The summed E-state index contributed by atoms with van der Waals surface area (Å²) in [5.41, 5.74) is 1.83. The van der Waals surface area contributed by atoms with Crippen molar-refractivity contribution in [2.45, 2.75) is 33.4 Å². The first-order valence-corrected chi connectivity index (χ1v) is 6.29. The highest BCUT2D eigenvalue weighted by molar-refractivity contribution is 5.16. The van der Waals surface area contributed by atoms with Crippen molar-refractivity contribution < 1.29 is 0 Å². The molecular formula is C13H19N5. The fraction of sp³-hybridized carbons (Fsp3) is 0.462. The van der Waals surface area contributed by atoms with Crippen molar-refractivity contribution in [1.82, 2.24) is 24.8 Å². The van der Waals surface area contributed by atoms with E-state index in [1.807, 2.05) is 25.5 Å². The van der Waals surface area contributed by atoms with Gasteiger partial charge in [-0.15, -0.1) is 0 Å². The number of imidazole rings is 1. The zero-order valence-electron chi connectivity index (χ0n) is 11.1. The van der Waals surface area contributed by atoms with E-state index < -0.39 is 0 Å². The molecule has 0 aliphatic heterocycles. The van der Waals surface area contributed by atoms with Gasteiger partial charge in [-0.25, -0.2) is 4.98 Å². The highest BCUT2D eigenvalue weighted by atomic mass is 15.1. The Hall–Kier alpha value is -1.75. The van der Waals surface area contributed by atoms with Crippen molar-refractivity contribution >= 4 is 0 Å². The standard InChI is InChI=1S/C13H19N5/c1-4-14-12(11-9-16-10(3)8-17-11)13-15-6-7-18(13)5-2/h6-9,12,14H,4-5H2,1-3H3. The number of hydrogen-bond acceptors (Lipinski definition) is 4. The Morgan fingerprint density at radius 3 is 2.67 bits per heavy atom. The molecule has 18 heavy (non-hydrogen) atoms. The number of aryl methyl sites for hydroxylation is 2. The molecule has 2 aromatic heterocycles. The van der Waals surface area contributed by atoms with Crippen LogP contribution < -0.4 is 5.32 Å². The number of aromatic nitrogens is 4. The van der Waals surface area contributed by atoms with E-state index in [0.29, 0.717) is 0 Å². The molecule has 96 valence electrons. The van der Waals surface area contributed by atoms with Crippen molar-refractivity contribution in [3.63, 3.8) is 0 Å². The molecule has 0 radical (unpaired) electrons. The second kappa shape index (κ2) is 5.73. The zero-order valence-corrected chi connectivity index (χ0v) is 11.1. The third-order valence-corrected chi connectivity index (χ3v) is 2.85. The molecule has 0 fully saturated rings. The lowest BCUT2D eigenvalue weighted by atomic mass is 10.2. The molecule has 2 rings (SSSR count). The first-order chi connectivity index (χ1) is 8.76. The van der Waals surface area contributed by atoms with E-state index in [4.69, 9.17) is 0 Å². The van der Waals surface area contributed by atoms with Crippen LogP contribution in [-0.2, 0) is 6.54 Å². The van der Waals surface area contributed by atoms with Crippen LogP contribution in [0.2, 0.25) is 0 Å². The van der Waals surface area contributed by atoms with Gasteiger partial charge in [-0.3, -0.25) is 9.97 Å². The summed E-state index contributed by atoms with van der Waals surface area (Å²) >= 11 is 0. The van der Waals surface area contributed by atoms with Crippen LogP contribution in [0, 0.1) is 6.92 Å². The maximum absolute atomic E-state index is 4.45. The van der Waals surface area contributed by atoms with Crippen molar-refractivity contribution in [2.24, 2.45) is 0 Å². The number of hydrogen-bond donors (Lipinski definition) is 1. The second-order valence-electron chi connectivity index (χ2n) is 4.14. The number of nitrogens with one attached hydrogen (secondary N) is 1. The molecule has 1 unspecified atom stereocenters. The van der Waals surface area contributed by atoms with Crippen LogP contribution in [0.25, 0.3) is 0 Å². The van der Waals surface area contributed by atoms with E-state index in [9.17, 15) is 0 Å². The van der Waals surface area contributed by atoms with Crippen LogP contribution >= 0.6 is 0 Å². The molecule has 0 spiro atoms. The first-order valence-electron chi connectivity index (χ1n) is 6.29. The van der Waals surface area contributed by atoms with Gasteiger partial charge in [-0.1, -0.05) is 6.92 Å². The maximum atomic E-state index is 4.45. The van der Waals surface area contributed by atoms with Gasteiger partial charge < -0.3 is 9.88 Å². The molecule has 1 N–H and O–H groups in total. The van der Waals surface area contributed by atoms with E-state index in [-0.39, 0.29) is 6.04 Å². The smallest absolute Gasteiger partial charge is 0.132 e. The minimum atomic E-state index is -0.00181. The molecule has 0 saturated carbocycles. The van der Waals surface area contributed by atoms with E-state index in [1.165, 1.54) is 0 Å². The lowest BCUT2D eigenvalue weighted by Gasteiger charge is -2.17. The van der Waals surface area contributed by atoms with Gasteiger partial charge in [-0.2, -0.15) is 0 Å². The average molecular weight is 245 g/mol. The molecule has 1 atom stereocenters. The molecule has 5 nitrogen and oxygen atoms in total. The number of nitrogens with zero attached hydrogens (tertiary/aromatic N) is 4. The first kappa shape index (κ1) is 12.7. The Morgan fingerprint density at radius 1 is 1.22 bits per heavy atom. The second-order valence-corrected chi connectivity index (χ2v) is 4.14. The Kier molecular flexibility index (Phi) is 4.04. The van der Waals surface area contributed by atoms with Crippen LogP contribution in [-0.4, -0.2) is 26.1 Å². The van der Waals surface area contributed by atoms with Crippen molar-refractivity contribution in [2.75, 3.05) is 6.54 Å². The molecular weight excluding hydrogens is 226 g/mol. The minimum absolute atomic E-state index is 0.00181. The monoisotopic (exact) mass is 245 g/mol. The molecule has 0 aliphatic rings. The molecule has 0 aliphatic carbocycles. The molecule has 0 saturated heterocycles. The lowest BCUT2D eigenvalue weighted by Crippen LogP contribution is -2.26. The topological polar surface area (TPSA) is 55.6 Å². The Bertz CT molecular complexity index is 488. The van der Waals surface area contributed by atoms with E-state index >= 15 is 0 Å². The third-order valence-electron chi connectivity index (χ3n) is 2.85. The van der Waals surface area contributed by atoms with Crippen LogP contribution in [0.1, 0.15) is 37.1 Å². The Labute approximate surface area is 107 Å². The molecule has 0 amide bonds. The van der Waals surface area contributed by atoms with E-state index in [0.717, 1.165) is 30.3 Å². The fourth-order valence-corrected chi connectivity index (χ4v) is 1.93. The van der Waals surface area contributed by atoms with Gasteiger partial charge in [0.1, 0.15) is 11.9 Å². The zero-order chi connectivity index (χ0) is 13.0. The van der Waals surface area contributed by atoms with E-state index in [2.05, 4.69) is 38.7 Å². The molecule has 5 heteroatoms. The normalized spacial score (nSPS) is 12.6. The van der Waals surface area contributed by atoms with Crippen LogP contribution in [0.5, 0.6) is 0 Å². The van der Waals surface area contributed by atoms with Crippen molar-refractivity contribution in [3.8, 4) is 0 Å². The van der Waals surface area contributed by atoms with Gasteiger partial charge in [0.15, 0.2) is 0 Å². The summed E-state index contributed by atoms with van der Waals surface area (Å²) in [5.74, 6) is 0.984. The van der Waals surface area contributed by atoms with Gasteiger partial charge in [0.2, 0.25) is 0 Å². The Morgan fingerprint density at radius 2 is 2.06 bits per heavy atom. The largest absolute Gasteiger partial charge is 0.334 e. The Balaban J connectivity index is 2.36. The van der Waals surface area contributed by atoms with E-state index in [1.54, 1.807) is 6.20 Å². The summed E-state index contributed by atoms with van der Waals surface area (Å²) in [7, 11) is 0. The minimum Gasteiger partial charge on any atom is -0.334 e. The van der Waals surface area contributed by atoms with Crippen LogP contribution in [0.3, 0.4) is 0 Å². The highest BCUT2D eigenvalue weighted by Gasteiger charge is 2.19. The highest BCUT2D eigenvalue weighted by Crippen LogP contribution is 2.18. The summed E-state index contributed by atoms with van der Waals surface area (Å²) < 4.78 is 2.12. The van der Waals surface area contributed by atoms with Crippen LogP contribution in [0.4, 0.5) is 0 Å². The lowest BCUT2D eigenvalue weighted by molar-refractivity contribution is 0.546. The van der Waals surface area contributed by atoms with Crippen LogP contribution in [0.15, 0.2) is 24.8 Å². The predicted octanol–water partition coefficient (Wildman–Crippen LogP) is 1.70. The average Bonchev–Trinajstić information content (AvgIpc) is 2.85. The van der Waals surface area contributed by atoms with Gasteiger partial charge in [0.05, 0.1) is 17.6 Å². The maximum Gasteiger partial charge on any atom is 0.132 e. The quantitative estimate of drug-likeness (QED) is 0.871. The molecule has 2 aromatic rings. The summed E-state index contributed by atoms with van der Waals surface area (Å²) in [5, 5.41) is 3.41. The van der Waals surface area contributed by atoms with Crippen molar-refractivity contribution in [3.05, 3.63) is 42.0 Å². The SMILES string of the molecule is CCNC(c1cnc(C)cn1)c1nccn1CC.